The molecule has 2 aromatic rings. The van der Waals surface area contributed by atoms with Crippen LogP contribution in [0.25, 0.3) is 11.4 Å². The van der Waals surface area contributed by atoms with E-state index in [1.54, 1.807) is 0 Å². The minimum atomic E-state index is 0.0233. The second-order valence-corrected chi connectivity index (χ2v) is 5.77. The molecule has 0 aliphatic carbocycles. The molecule has 21 heavy (non-hydrogen) atoms. The Labute approximate surface area is 128 Å². The highest BCUT2D eigenvalue weighted by molar-refractivity contribution is 7.99. The molecule has 0 unspecified atom stereocenters. The lowest BCUT2D eigenvalue weighted by molar-refractivity contribution is -0.118. The highest BCUT2D eigenvalue weighted by Gasteiger charge is 2.08. The van der Waals surface area contributed by atoms with Crippen molar-refractivity contribution >= 4 is 17.7 Å². The number of nitrogens with one attached hydrogen (secondary N) is 2. The minimum absolute atomic E-state index is 0.0233. The highest BCUT2D eigenvalue weighted by atomic mass is 32.2. The van der Waals surface area contributed by atoms with Crippen molar-refractivity contribution in [3.63, 3.8) is 0 Å². The van der Waals surface area contributed by atoms with Crippen LogP contribution in [0.15, 0.2) is 29.4 Å². The number of amides is 1. The SMILES string of the molecule is CCCCNC(=O)CSc1n[nH]c(-c2ccc(C)cc2)n1. The summed E-state index contributed by atoms with van der Waals surface area (Å²) < 4.78 is 0. The van der Waals surface area contributed by atoms with Gasteiger partial charge >= 0.3 is 0 Å². The number of nitrogens with zero attached hydrogens (tertiary/aromatic N) is 2. The van der Waals surface area contributed by atoms with Crippen LogP contribution in [0.2, 0.25) is 0 Å². The van der Waals surface area contributed by atoms with Crippen LogP contribution < -0.4 is 5.32 Å². The topological polar surface area (TPSA) is 70.7 Å². The van der Waals surface area contributed by atoms with Crippen LogP contribution in [0.4, 0.5) is 0 Å². The molecule has 0 fully saturated rings. The molecule has 1 amide bonds. The Bertz CT molecular complexity index is 580. The van der Waals surface area contributed by atoms with Crippen LogP contribution in [0.1, 0.15) is 25.3 Å². The first-order chi connectivity index (χ1) is 10.2. The normalized spacial score (nSPS) is 10.6. The molecular weight excluding hydrogens is 284 g/mol. The Kier molecular flexibility index (Phi) is 5.80. The second kappa shape index (κ2) is 7.83. The van der Waals surface area contributed by atoms with Gasteiger partial charge in [0.1, 0.15) is 0 Å². The fraction of sp³-hybridized carbons (Fsp3) is 0.400. The van der Waals surface area contributed by atoms with Crippen molar-refractivity contribution in [3.8, 4) is 11.4 Å². The van der Waals surface area contributed by atoms with E-state index in [0.29, 0.717) is 10.9 Å². The molecule has 0 saturated carbocycles. The Hall–Kier alpha value is -1.82. The van der Waals surface area contributed by atoms with E-state index in [9.17, 15) is 4.79 Å². The van der Waals surface area contributed by atoms with E-state index in [4.69, 9.17) is 0 Å². The zero-order valence-corrected chi connectivity index (χ0v) is 13.2. The van der Waals surface area contributed by atoms with Crippen molar-refractivity contribution in [2.24, 2.45) is 0 Å². The number of rotatable bonds is 7. The molecule has 1 aromatic heterocycles. The smallest absolute Gasteiger partial charge is 0.230 e. The van der Waals surface area contributed by atoms with Crippen LogP contribution in [0.5, 0.6) is 0 Å². The molecule has 2 rings (SSSR count). The van der Waals surface area contributed by atoms with Crippen molar-refractivity contribution < 1.29 is 4.79 Å². The van der Waals surface area contributed by atoms with Gasteiger partial charge in [-0.1, -0.05) is 54.9 Å². The van der Waals surface area contributed by atoms with E-state index in [0.717, 1.165) is 30.8 Å². The Morgan fingerprint density at radius 2 is 2.10 bits per heavy atom. The molecule has 0 spiro atoms. The number of aromatic nitrogens is 3. The van der Waals surface area contributed by atoms with Gasteiger partial charge in [0.05, 0.1) is 5.75 Å². The molecule has 6 heteroatoms. The first-order valence-electron chi connectivity index (χ1n) is 7.08. The first-order valence-corrected chi connectivity index (χ1v) is 8.06. The summed E-state index contributed by atoms with van der Waals surface area (Å²) in [5, 5.41) is 10.5. The lowest BCUT2D eigenvalue weighted by Gasteiger charge is -2.01. The predicted octanol–water partition coefficient (Wildman–Crippen LogP) is 2.79. The summed E-state index contributed by atoms with van der Waals surface area (Å²) in [6.07, 6.45) is 2.09. The number of aryl methyl sites for hydroxylation is 1. The van der Waals surface area contributed by atoms with Crippen LogP contribution in [0, 0.1) is 6.92 Å². The largest absolute Gasteiger partial charge is 0.355 e. The van der Waals surface area contributed by atoms with Gasteiger partial charge in [0, 0.05) is 12.1 Å². The average molecular weight is 304 g/mol. The molecule has 1 aromatic carbocycles. The molecule has 0 atom stereocenters. The number of H-pyrrole nitrogens is 1. The molecule has 0 radical (unpaired) electrons. The molecule has 0 saturated heterocycles. The van der Waals surface area contributed by atoms with Gasteiger partial charge in [-0.25, -0.2) is 4.98 Å². The summed E-state index contributed by atoms with van der Waals surface area (Å²) in [7, 11) is 0. The first kappa shape index (κ1) is 15.6. The van der Waals surface area contributed by atoms with E-state index in [1.165, 1.54) is 17.3 Å². The van der Waals surface area contributed by atoms with Gasteiger partial charge < -0.3 is 5.32 Å². The lowest BCUT2D eigenvalue weighted by Crippen LogP contribution is -2.26. The molecular formula is C15H20N4OS. The number of aromatic amines is 1. The van der Waals surface area contributed by atoms with Crippen LogP contribution >= 0.6 is 11.8 Å². The average Bonchev–Trinajstić information content (AvgIpc) is 2.95. The number of carbonyl (C=O) groups excluding carboxylic acids is 1. The van der Waals surface area contributed by atoms with Crippen LogP contribution in [-0.2, 0) is 4.79 Å². The summed E-state index contributed by atoms with van der Waals surface area (Å²) in [6, 6.07) is 8.07. The van der Waals surface area contributed by atoms with Gasteiger partial charge in [0.25, 0.3) is 0 Å². The molecule has 0 bridgehead atoms. The molecule has 5 nitrogen and oxygen atoms in total. The number of unbranched alkanes of at least 4 members (excludes halogenated alkanes) is 1. The van der Waals surface area contributed by atoms with Gasteiger partial charge in [-0.3, -0.25) is 9.89 Å². The third-order valence-corrected chi connectivity index (χ3v) is 3.82. The zero-order chi connectivity index (χ0) is 15.1. The zero-order valence-electron chi connectivity index (χ0n) is 12.3. The maximum Gasteiger partial charge on any atom is 0.230 e. The fourth-order valence-electron chi connectivity index (χ4n) is 1.74. The molecule has 0 aliphatic heterocycles. The monoisotopic (exact) mass is 304 g/mol. The van der Waals surface area contributed by atoms with Gasteiger partial charge in [0.2, 0.25) is 11.1 Å². The molecule has 112 valence electrons. The fourth-order valence-corrected chi connectivity index (χ4v) is 2.37. The van der Waals surface area contributed by atoms with E-state index in [1.807, 2.05) is 31.2 Å². The van der Waals surface area contributed by atoms with Crippen LogP contribution in [0.3, 0.4) is 0 Å². The summed E-state index contributed by atoms with van der Waals surface area (Å²) >= 11 is 1.34. The van der Waals surface area contributed by atoms with Gasteiger partial charge in [-0.2, -0.15) is 0 Å². The van der Waals surface area contributed by atoms with E-state index in [-0.39, 0.29) is 5.91 Å². The summed E-state index contributed by atoms with van der Waals surface area (Å²) in [5.41, 5.74) is 2.20. The molecule has 0 aliphatic rings. The summed E-state index contributed by atoms with van der Waals surface area (Å²) in [6.45, 7) is 4.88. The van der Waals surface area contributed by atoms with E-state index >= 15 is 0 Å². The van der Waals surface area contributed by atoms with Crippen molar-refractivity contribution in [2.75, 3.05) is 12.3 Å². The quantitative estimate of drug-likeness (QED) is 0.609. The number of carbonyl (C=O) groups is 1. The van der Waals surface area contributed by atoms with Gasteiger partial charge in [-0.05, 0) is 13.3 Å². The molecule has 1 heterocycles. The number of benzene rings is 1. The summed E-state index contributed by atoms with van der Waals surface area (Å²) in [5.74, 6) is 1.09. The highest BCUT2D eigenvalue weighted by Crippen LogP contribution is 2.19. The Morgan fingerprint density at radius 1 is 1.33 bits per heavy atom. The number of hydrogen-bond donors (Lipinski definition) is 2. The van der Waals surface area contributed by atoms with E-state index < -0.39 is 0 Å². The Balaban J connectivity index is 1.86. The predicted molar refractivity (Wildman–Crippen MR) is 85.2 cm³/mol. The van der Waals surface area contributed by atoms with Crippen molar-refractivity contribution in [3.05, 3.63) is 29.8 Å². The standard InChI is InChI=1S/C15H20N4OS/c1-3-4-9-16-13(20)10-21-15-17-14(18-19-15)12-7-5-11(2)6-8-12/h5-8H,3-4,9-10H2,1-2H3,(H,16,20)(H,17,18,19). The van der Waals surface area contributed by atoms with Crippen LogP contribution in [-0.4, -0.2) is 33.4 Å². The number of hydrogen-bond acceptors (Lipinski definition) is 4. The third-order valence-electron chi connectivity index (χ3n) is 2.97. The van der Waals surface area contributed by atoms with Crippen molar-refractivity contribution in [2.45, 2.75) is 31.8 Å². The van der Waals surface area contributed by atoms with Crippen molar-refractivity contribution in [1.29, 1.82) is 0 Å². The lowest BCUT2D eigenvalue weighted by atomic mass is 10.1. The minimum Gasteiger partial charge on any atom is -0.355 e. The van der Waals surface area contributed by atoms with Gasteiger partial charge in [-0.15, -0.1) is 5.10 Å². The van der Waals surface area contributed by atoms with Gasteiger partial charge in [0.15, 0.2) is 5.82 Å². The Morgan fingerprint density at radius 3 is 2.81 bits per heavy atom. The third kappa shape index (κ3) is 4.90. The maximum atomic E-state index is 11.6. The molecule has 2 N–H and O–H groups in total. The summed E-state index contributed by atoms with van der Waals surface area (Å²) in [4.78, 5) is 16.0. The van der Waals surface area contributed by atoms with Crippen molar-refractivity contribution in [1.82, 2.24) is 20.5 Å². The van der Waals surface area contributed by atoms with E-state index in [2.05, 4.69) is 27.4 Å². The maximum absolute atomic E-state index is 11.6. The number of thioether (sulfide) groups is 1. The second-order valence-electron chi connectivity index (χ2n) is 4.82.